The Bertz CT molecular complexity index is 932. The minimum absolute atomic E-state index is 0.227. The third-order valence-corrected chi connectivity index (χ3v) is 10.6. The summed E-state index contributed by atoms with van der Waals surface area (Å²) in [6.07, 6.45) is 4.49. The highest BCUT2D eigenvalue weighted by atomic mass is 19.4. The molecule has 3 saturated carbocycles. The second kappa shape index (κ2) is 8.53. The molecule has 1 aromatic carbocycles. The average Bonchev–Trinajstić information content (AvgIpc) is 3.13. The van der Waals surface area contributed by atoms with E-state index in [1.165, 1.54) is 37.8 Å². The highest BCUT2D eigenvalue weighted by Crippen LogP contribution is 2.66. The van der Waals surface area contributed by atoms with Crippen LogP contribution in [0.15, 0.2) is 24.3 Å². The minimum atomic E-state index is -4.32. The van der Waals surface area contributed by atoms with Gasteiger partial charge in [-0.25, -0.2) is 0 Å². The number of piperidine rings is 1. The molecule has 0 bridgehead atoms. The van der Waals surface area contributed by atoms with Crippen LogP contribution in [-0.4, -0.2) is 30.5 Å². The summed E-state index contributed by atoms with van der Waals surface area (Å²) in [5.41, 5.74) is 0.443. The highest BCUT2D eigenvalue weighted by molar-refractivity contribution is 5.77. The van der Waals surface area contributed by atoms with E-state index in [1.54, 1.807) is 6.07 Å². The largest absolute Gasteiger partial charge is 0.416 e. The standard InChI is InChI=1S/C28H38F3NO2/c1-26-13-11-23-21(8-10-24-27(23,2)14-12-25(33)32(24)3)22(26)9-7-20(26)17-34-16-18-5-4-6-19(15-18)28(29,30)31/h4-6,15,20-24H,7-14,16-17H2,1-3H3/t20?,21-,22-,23-,24+,26+,27+/m0/s1. The summed E-state index contributed by atoms with van der Waals surface area (Å²) >= 11 is 0. The fourth-order valence-electron chi connectivity index (χ4n) is 8.69. The van der Waals surface area contributed by atoms with E-state index >= 15 is 0 Å². The van der Waals surface area contributed by atoms with Crippen LogP contribution in [0, 0.1) is 34.5 Å². The number of benzene rings is 1. The Morgan fingerprint density at radius 3 is 2.56 bits per heavy atom. The zero-order valence-corrected chi connectivity index (χ0v) is 20.7. The van der Waals surface area contributed by atoms with E-state index in [1.807, 2.05) is 11.9 Å². The predicted molar refractivity (Wildman–Crippen MR) is 125 cm³/mol. The molecule has 1 unspecified atom stereocenters. The quantitative estimate of drug-likeness (QED) is 0.483. The van der Waals surface area contributed by atoms with Crippen LogP contribution in [0.5, 0.6) is 0 Å². The van der Waals surface area contributed by atoms with Gasteiger partial charge < -0.3 is 9.64 Å². The van der Waals surface area contributed by atoms with Crippen molar-refractivity contribution in [1.82, 2.24) is 4.90 Å². The van der Waals surface area contributed by atoms with Crippen molar-refractivity contribution in [1.29, 1.82) is 0 Å². The van der Waals surface area contributed by atoms with Crippen molar-refractivity contribution >= 4 is 5.91 Å². The van der Waals surface area contributed by atoms with Crippen molar-refractivity contribution in [3.05, 3.63) is 35.4 Å². The van der Waals surface area contributed by atoms with Crippen molar-refractivity contribution in [2.75, 3.05) is 13.7 Å². The smallest absolute Gasteiger partial charge is 0.376 e. The van der Waals surface area contributed by atoms with Gasteiger partial charge in [0.25, 0.3) is 0 Å². The average molecular weight is 478 g/mol. The number of fused-ring (bicyclic) bond motifs is 5. The summed E-state index contributed by atoms with van der Waals surface area (Å²) in [5, 5.41) is 0. The lowest BCUT2D eigenvalue weighted by Gasteiger charge is -2.61. The molecule has 34 heavy (non-hydrogen) atoms. The van der Waals surface area contributed by atoms with Gasteiger partial charge in [-0.1, -0.05) is 26.0 Å². The molecule has 1 amide bonds. The zero-order valence-electron chi connectivity index (χ0n) is 20.7. The van der Waals surface area contributed by atoms with Gasteiger partial charge in [-0.2, -0.15) is 13.2 Å². The molecule has 4 fully saturated rings. The summed E-state index contributed by atoms with van der Waals surface area (Å²) in [6, 6.07) is 5.87. The fourth-order valence-corrected chi connectivity index (χ4v) is 8.69. The van der Waals surface area contributed by atoms with Gasteiger partial charge in [0, 0.05) is 19.5 Å². The number of hydrogen-bond acceptors (Lipinski definition) is 2. The summed E-state index contributed by atoms with van der Waals surface area (Å²) in [5.74, 6) is 2.86. The van der Waals surface area contributed by atoms with Crippen LogP contribution >= 0.6 is 0 Å². The number of likely N-dealkylation sites (tertiary alicyclic amines) is 1. The van der Waals surface area contributed by atoms with Crippen LogP contribution < -0.4 is 0 Å². The zero-order chi connectivity index (χ0) is 24.3. The second-order valence-electron chi connectivity index (χ2n) is 12.0. The topological polar surface area (TPSA) is 29.5 Å². The first-order valence-electron chi connectivity index (χ1n) is 13.0. The molecule has 6 heteroatoms. The van der Waals surface area contributed by atoms with Gasteiger partial charge in [0.2, 0.25) is 5.91 Å². The minimum Gasteiger partial charge on any atom is -0.376 e. The van der Waals surface area contributed by atoms with Crippen LogP contribution in [0.3, 0.4) is 0 Å². The molecule has 188 valence electrons. The third kappa shape index (κ3) is 3.88. The first-order valence-corrected chi connectivity index (χ1v) is 13.0. The first-order chi connectivity index (χ1) is 16.0. The normalized spacial score (nSPS) is 40.0. The molecule has 1 aromatic rings. The Hall–Kier alpha value is -1.56. The lowest BCUT2D eigenvalue weighted by Crippen LogP contribution is -2.61. The van der Waals surface area contributed by atoms with Crippen molar-refractivity contribution in [2.45, 2.75) is 84.0 Å². The maximum Gasteiger partial charge on any atom is 0.416 e. The monoisotopic (exact) mass is 477 g/mol. The molecule has 1 saturated heterocycles. The molecule has 3 aliphatic carbocycles. The molecule has 0 spiro atoms. The molecule has 4 aliphatic rings. The molecule has 0 aromatic heterocycles. The SMILES string of the molecule is CN1C(=O)CC[C@]2(C)[C@H]3CC[C@]4(C)C(COCc5cccc(C(F)(F)F)c5)CC[C@H]4[C@@H]3CC[C@@H]12. The van der Waals surface area contributed by atoms with E-state index in [-0.39, 0.29) is 17.4 Å². The van der Waals surface area contributed by atoms with Crippen molar-refractivity contribution in [3.63, 3.8) is 0 Å². The van der Waals surface area contributed by atoms with E-state index in [2.05, 4.69) is 13.8 Å². The van der Waals surface area contributed by atoms with E-state index in [0.717, 1.165) is 31.2 Å². The lowest BCUT2D eigenvalue weighted by atomic mass is 9.47. The predicted octanol–water partition coefficient (Wildman–Crippen LogP) is 6.70. The van der Waals surface area contributed by atoms with Gasteiger partial charge in [0.1, 0.15) is 0 Å². The molecular weight excluding hydrogens is 439 g/mol. The maximum absolute atomic E-state index is 13.0. The fraction of sp³-hybridized carbons (Fsp3) is 0.750. The molecule has 7 atom stereocenters. The number of carbonyl (C=O) groups excluding carboxylic acids is 1. The first kappa shape index (κ1) is 24.1. The number of rotatable bonds is 4. The van der Waals surface area contributed by atoms with Gasteiger partial charge in [-0.3, -0.25) is 4.79 Å². The van der Waals surface area contributed by atoms with E-state index in [9.17, 15) is 18.0 Å². The number of halogens is 3. The van der Waals surface area contributed by atoms with E-state index in [0.29, 0.717) is 48.3 Å². The number of hydrogen-bond donors (Lipinski definition) is 0. The lowest BCUT2D eigenvalue weighted by molar-refractivity contribution is -0.159. The second-order valence-corrected chi connectivity index (χ2v) is 12.0. The van der Waals surface area contributed by atoms with Crippen LogP contribution in [0.1, 0.15) is 76.3 Å². The number of nitrogens with zero attached hydrogens (tertiary/aromatic N) is 1. The molecule has 0 N–H and O–H groups in total. The van der Waals surface area contributed by atoms with Gasteiger partial charge in [0.05, 0.1) is 18.8 Å². The summed E-state index contributed by atoms with van der Waals surface area (Å²) in [6.45, 7) is 5.75. The van der Waals surface area contributed by atoms with Crippen molar-refractivity contribution < 1.29 is 22.7 Å². The van der Waals surface area contributed by atoms with Crippen LogP contribution in [-0.2, 0) is 22.3 Å². The van der Waals surface area contributed by atoms with Gasteiger partial charge in [-0.15, -0.1) is 0 Å². The number of carbonyl (C=O) groups is 1. The Morgan fingerprint density at radius 2 is 1.79 bits per heavy atom. The summed E-state index contributed by atoms with van der Waals surface area (Å²) in [4.78, 5) is 14.4. The molecular formula is C28H38F3NO2. The molecule has 1 aliphatic heterocycles. The van der Waals surface area contributed by atoms with Crippen LogP contribution in [0.25, 0.3) is 0 Å². The molecule has 3 nitrogen and oxygen atoms in total. The molecule has 1 heterocycles. The van der Waals surface area contributed by atoms with Crippen LogP contribution in [0.4, 0.5) is 13.2 Å². The van der Waals surface area contributed by atoms with Gasteiger partial charge >= 0.3 is 6.18 Å². The maximum atomic E-state index is 13.0. The van der Waals surface area contributed by atoms with Crippen molar-refractivity contribution in [2.24, 2.45) is 34.5 Å². The Balaban J connectivity index is 1.24. The van der Waals surface area contributed by atoms with E-state index < -0.39 is 11.7 Å². The number of amides is 1. The molecule has 0 radical (unpaired) electrons. The Labute approximate surface area is 201 Å². The summed E-state index contributed by atoms with van der Waals surface area (Å²) in [7, 11) is 2.00. The van der Waals surface area contributed by atoms with Crippen molar-refractivity contribution in [3.8, 4) is 0 Å². The highest BCUT2D eigenvalue weighted by Gasteiger charge is 2.61. The van der Waals surface area contributed by atoms with E-state index in [4.69, 9.17) is 4.74 Å². The summed E-state index contributed by atoms with van der Waals surface area (Å²) < 4.78 is 45.1. The van der Waals surface area contributed by atoms with Gasteiger partial charge in [-0.05, 0) is 97.1 Å². The Morgan fingerprint density at radius 1 is 1.03 bits per heavy atom. The number of alkyl halides is 3. The third-order valence-electron chi connectivity index (χ3n) is 10.6. The number of ether oxygens (including phenoxy) is 1. The van der Waals surface area contributed by atoms with Gasteiger partial charge in [0.15, 0.2) is 0 Å². The molecule has 5 rings (SSSR count). The van der Waals surface area contributed by atoms with Crippen LogP contribution in [0.2, 0.25) is 0 Å². The Kier molecular flexibility index (Phi) is 6.06.